The Bertz CT molecular complexity index is 313. The molecular weight excluding hydrogens is 192 g/mol. The number of hydrogen-bond acceptors (Lipinski definition) is 4. The normalized spacial score (nSPS) is 11.4. The molecule has 0 aliphatic carbocycles. The first-order valence-electron chi connectivity index (χ1n) is 4.94. The van der Waals surface area contributed by atoms with Crippen molar-refractivity contribution in [3.05, 3.63) is 24.6 Å². The number of ether oxygens (including phenoxy) is 1. The summed E-state index contributed by atoms with van der Waals surface area (Å²) in [5.41, 5.74) is 0.908. The van der Waals surface area contributed by atoms with Crippen LogP contribution in [0, 0.1) is 0 Å². The third-order valence-corrected chi connectivity index (χ3v) is 1.66. The summed E-state index contributed by atoms with van der Waals surface area (Å²) in [6.45, 7) is 10.9. The highest BCUT2D eigenvalue weighted by molar-refractivity contribution is 5.00. The molecule has 0 aliphatic rings. The zero-order valence-electron chi connectivity index (χ0n) is 9.54. The van der Waals surface area contributed by atoms with Crippen molar-refractivity contribution in [2.24, 2.45) is 0 Å². The van der Waals surface area contributed by atoms with Gasteiger partial charge in [0.05, 0.1) is 5.69 Å². The molecule has 1 aromatic rings. The molecule has 0 saturated carbocycles. The van der Waals surface area contributed by atoms with Crippen molar-refractivity contribution in [3.8, 4) is 6.08 Å². The fourth-order valence-electron chi connectivity index (χ4n) is 0.922. The van der Waals surface area contributed by atoms with E-state index in [1.54, 1.807) is 12.3 Å². The third kappa shape index (κ3) is 4.65. The Morgan fingerprint density at radius 2 is 2.33 bits per heavy atom. The highest BCUT2D eigenvalue weighted by atomic mass is 16.6. The van der Waals surface area contributed by atoms with E-state index in [2.05, 4.69) is 37.7 Å². The molecule has 0 atom stereocenters. The van der Waals surface area contributed by atoms with Gasteiger partial charge in [0.25, 0.3) is 0 Å². The first kappa shape index (κ1) is 11.8. The summed E-state index contributed by atoms with van der Waals surface area (Å²) in [4.78, 5) is 4.15. The Balaban J connectivity index is 2.42. The average Bonchev–Trinajstić information content (AvgIpc) is 2.58. The van der Waals surface area contributed by atoms with Crippen molar-refractivity contribution >= 4 is 0 Å². The van der Waals surface area contributed by atoms with Crippen molar-refractivity contribution in [1.29, 1.82) is 0 Å². The van der Waals surface area contributed by atoms with Crippen LogP contribution in [0.15, 0.2) is 23.3 Å². The zero-order valence-corrected chi connectivity index (χ0v) is 9.54. The number of hydrogen-bond donors (Lipinski definition) is 1. The molecule has 1 heterocycles. The maximum Gasteiger partial charge on any atom is 0.394 e. The fourth-order valence-corrected chi connectivity index (χ4v) is 0.922. The van der Waals surface area contributed by atoms with E-state index >= 15 is 0 Å². The highest BCUT2D eigenvalue weighted by Gasteiger charge is 2.10. The smallest absolute Gasteiger partial charge is 0.394 e. The van der Waals surface area contributed by atoms with Gasteiger partial charge < -0.3 is 14.5 Å². The van der Waals surface area contributed by atoms with Crippen LogP contribution in [0.3, 0.4) is 0 Å². The number of rotatable bonds is 5. The Morgan fingerprint density at radius 1 is 1.60 bits per heavy atom. The van der Waals surface area contributed by atoms with Gasteiger partial charge in [-0.3, -0.25) is 0 Å². The van der Waals surface area contributed by atoms with E-state index in [1.165, 1.54) is 0 Å². The second kappa shape index (κ2) is 4.98. The third-order valence-electron chi connectivity index (χ3n) is 1.66. The van der Waals surface area contributed by atoms with Gasteiger partial charge in [-0.1, -0.05) is 12.7 Å². The molecule has 1 aromatic heterocycles. The molecule has 4 heteroatoms. The molecule has 0 aromatic carbocycles. The Labute approximate surface area is 90.3 Å². The zero-order chi connectivity index (χ0) is 11.3. The number of aromatic nitrogens is 1. The van der Waals surface area contributed by atoms with Crippen LogP contribution in [0.2, 0.25) is 0 Å². The minimum atomic E-state index is 0.0705. The van der Waals surface area contributed by atoms with Gasteiger partial charge in [-0.05, 0) is 20.8 Å². The second-order valence-electron chi connectivity index (χ2n) is 4.31. The summed E-state index contributed by atoms with van der Waals surface area (Å²) in [5.74, 6) is 0. The van der Waals surface area contributed by atoms with Crippen LogP contribution >= 0.6 is 0 Å². The molecule has 1 N–H and O–H groups in total. The van der Waals surface area contributed by atoms with Gasteiger partial charge in [0.1, 0.15) is 12.9 Å². The van der Waals surface area contributed by atoms with Crippen LogP contribution < -0.4 is 10.1 Å². The fraction of sp³-hybridized carbons (Fsp3) is 0.545. The molecule has 4 nitrogen and oxygen atoms in total. The molecule has 0 unspecified atom stereocenters. The molecule has 0 radical (unpaired) electrons. The van der Waals surface area contributed by atoms with E-state index in [1.807, 2.05) is 0 Å². The van der Waals surface area contributed by atoms with Crippen molar-refractivity contribution < 1.29 is 9.15 Å². The topological polar surface area (TPSA) is 47.3 Å². The first-order chi connectivity index (χ1) is 7.01. The molecule has 0 amide bonds. The van der Waals surface area contributed by atoms with Crippen molar-refractivity contribution in [2.75, 3.05) is 6.61 Å². The standard InChI is InChI=1S/C11H18N2O2/c1-5-6-14-10-13-9(8-15-10)7-12-11(2,3)4/h5,8,12H,1,6-7H2,2-4H3. The summed E-state index contributed by atoms with van der Waals surface area (Å²) < 4.78 is 10.3. The Kier molecular flexibility index (Phi) is 3.91. The molecule has 0 aliphatic heterocycles. The van der Waals surface area contributed by atoms with E-state index in [9.17, 15) is 0 Å². The molecule has 15 heavy (non-hydrogen) atoms. The monoisotopic (exact) mass is 210 g/mol. The number of nitrogens with zero attached hydrogens (tertiary/aromatic N) is 1. The summed E-state index contributed by atoms with van der Waals surface area (Å²) in [5, 5.41) is 3.31. The van der Waals surface area contributed by atoms with Crippen LogP contribution in [0.4, 0.5) is 0 Å². The molecule has 84 valence electrons. The summed E-state index contributed by atoms with van der Waals surface area (Å²) >= 11 is 0. The van der Waals surface area contributed by atoms with Crippen molar-refractivity contribution in [2.45, 2.75) is 32.9 Å². The lowest BCUT2D eigenvalue weighted by Gasteiger charge is -2.19. The van der Waals surface area contributed by atoms with E-state index in [-0.39, 0.29) is 5.54 Å². The van der Waals surface area contributed by atoms with Crippen LogP contribution in [-0.4, -0.2) is 17.1 Å². The molecule has 1 rings (SSSR count). The predicted octanol–water partition coefficient (Wildman–Crippen LogP) is 2.13. The Hall–Kier alpha value is -1.29. The van der Waals surface area contributed by atoms with Gasteiger partial charge in [-0.2, -0.15) is 4.98 Å². The highest BCUT2D eigenvalue weighted by Crippen LogP contribution is 2.11. The molecule has 0 bridgehead atoms. The molecule has 0 fully saturated rings. The molecular formula is C11H18N2O2. The van der Waals surface area contributed by atoms with Gasteiger partial charge in [-0.15, -0.1) is 0 Å². The quantitative estimate of drug-likeness (QED) is 0.756. The predicted molar refractivity (Wildman–Crippen MR) is 58.8 cm³/mol. The van der Waals surface area contributed by atoms with Gasteiger partial charge in [0.2, 0.25) is 0 Å². The van der Waals surface area contributed by atoms with E-state index in [4.69, 9.17) is 9.15 Å². The maximum atomic E-state index is 5.14. The number of nitrogens with one attached hydrogen (secondary N) is 1. The number of oxazole rings is 1. The summed E-state index contributed by atoms with van der Waals surface area (Å²) in [6.07, 6.45) is 3.54. The average molecular weight is 210 g/mol. The van der Waals surface area contributed by atoms with E-state index in [0.717, 1.165) is 5.69 Å². The van der Waals surface area contributed by atoms with Gasteiger partial charge in [-0.25, -0.2) is 0 Å². The van der Waals surface area contributed by atoms with Crippen molar-refractivity contribution in [1.82, 2.24) is 10.3 Å². The SMILES string of the molecule is C=CCOc1nc(CNC(C)(C)C)co1. The van der Waals surface area contributed by atoms with E-state index < -0.39 is 0 Å². The second-order valence-corrected chi connectivity index (χ2v) is 4.31. The first-order valence-corrected chi connectivity index (χ1v) is 4.94. The lowest BCUT2D eigenvalue weighted by molar-refractivity contribution is 0.258. The summed E-state index contributed by atoms with van der Waals surface area (Å²) in [7, 11) is 0. The molecule has 0 saturated heterocycles. The maximum absolute atomic E-state index is 5.14. The molecule has 0 spiro atoms. The lowest BCUT2D eigenvalue weighted by atomic mass is 10.1. The minimum absolute atomic E-state index is 0.0705. The lowest BCUT2D eigenvalue weighted by Crippen LogP contribution is -2.35. The Morgan fingerprint density at radius 3 is 2.93 bits per heavy atom. The van der Waals surface area contributed by atoms with Gasteiger partial charge in [0, 0.05) is 12.1 Å². The summed E-state index contributed by atoms with van der Waals surface area (Å²) in [6, 6.07) is 0. The van der Waals surface area contributed by atoms with Crippen LogP contribution in [-0.2, 0) is 6.54 Å². The van der Waals surface area contributed by atoms with Gasteiger partial charge in [0.15, 0.2) is 0 Å². The van der Waals surface area contributed by atoms with Crippen molar-refractivity contribution in [3.63, 3.8) is 0 Å². The van der Waals surface area contributed by atoms with Crippen LogP contribution in [0.5, 0.6) is 6.08 Å². The minimum Gasteiger partial charge on any atom is -0.446 e. The van der Waals surface area contributed by atoms with Crippen LogP contribution in [0.1, 0.15) is 26.5 Å². The largest absolute Gasteiger partial charge is 0.446 e. The van der Waals surface area contributed by atoms with E-state index in [0.29, 0.717) is 19.2 Å². The van der Waals surface area contributed by atoms with Gasteiger partial charge >= 0.3 is 6.08 Å². The van der Waals surface area contributed by atoms with Crippen LogP contribution in [0.25, 0.3) is 0 Å².